The van der Waals surface area contributed by atoms with E-state index in [1.54, 1.807) is 12.1 Å². The second kappa shape index (κ2) is 6.99. The summed E-state index contributed by atoms with van der Waals surface area (Å²) in [6, 6.07) is 12.0. The number of halogens is 3. The van der Waals surface area contributed by atoms with Crippen molar-refractivity contribution in [2.75, 3.05) is 5.32 Å². The van der Waals surface area contributed by atoms with E-state index in [9.17, 15) is 4.79 Å². The lowest BCUT2D eigenvalue weighted by Crippen LogP contribution is -2.33. The molecular weight excluding hydrogens is 391 g/mol. The van der Waals surface area contributed by atoms with Gasteiger partial charge in [-0.15, -0.1) is 0 Å². The van der Waals surface area contributed by atoms with Crippen LogP contribution in [0.25, 0.3) is 11.0 Å². The van der Waals surface area contributed by atoms with Gasteiger partial charge in [0.2, 0.25) is 0 Å². The van der Waals surface area contributed by atoms with Crippen LogP contribution in [0.15, 0.2) is 46.9 Å². The molecule has 4 nitrogen and oxygen atoms in total. The number of amides is 1. The largest absolute Gasteiger partial charge is 0.451 e. The zero-order chi connectivity index (χ0) is 17.3. The van der Waals surface area contributed by atoms with E-state index in [0.717, 1.165) is 5.39 Å². The summed E-state index contributed by atoms with van der Waals surface area (Å²) in [7, 11) is 0. The highest BCUT2D eigenvalue weighted by molar-refractivity contribution is 7.80. The Morgan fingerprint density at radius 1 is 1.00 bits per heavy atom. The summed E-state index contributed by atoms with van der Waals surface area (Å²) in [5, 5.41) is 7.16. The number of anilines is 1. The van der Waals surface area contributed by atoms with Crippen molar-refractivity contribution in [3.8, 4) is 0 Å². The van der Waals surface area contributed by atoms with Crippen LogP contribution in [-0.4, -0.2) is 11.0 Å². The molecule has 0 aliphatic carbocycles. The predicted molar refractivity (Wildman–Crippen MR) is 101 cm³/mol. The van der Waals surface area contributed by atoms with Crippen LogP contribution in [0.2, 0.25) is 15.1 Å². The lowest BCUT2D eigenvalue weighted by Gasteiger charge is -2.11. The van der Waals surface area contributed by atoms with E-state index < -0.39 is 5.91 Å². The molecule has 1 heterocycles. The molecule has 0 aliphatic rings. The number of thiocarbonyl (C=S) groups is 1. The number of benzene rings is 2. The fourth-order valence-electron chi connectivity index (χ4n) is 2.03. The van der Waals surface area contributed by atoms with E-state index in [4.69, 9.17) is 51.4 Å². The molecule has 0 atom stereocenters. The first-order chi connectivity index (χ1) is 11.4. The quantitative estimate of drug-likeness (QED) is 0.440. The molecule has 1 amide bonds. The van der Waals surface area contributed by atoms with Crippen LogP contribution >= 0.6 is 47.0 Å². The number of carbonyl (C=O) groups is 1. The van der Waals surface area contributed by atoms with Crippen molar-refractivity contribution >= 4 is 74.7 Å². The van der Waals surface area contributed by atoms with E-state index in [1.807, 2.05) is 18.2 Å². The SMILES string of the molecule is O=C(NC(=S)Nc1cc(Cl)c(Cl)cc1Cl)c1cc2ccccc2o1. The first-order valence-electron chi connectivity index (χ1n) is 6.69. The van der Waals surface area contributed by atoms with E-state index in [2.05, 4.69) is 10.6 Å². The fraction of sp³-hybridized carbons (Fsp3) is 0. The number of hydrogen-bond acceptors (Lipinski definition) is 3. The molecule has 0 spiro atoms. The summed E-state index contributed by atoms with van der Waals surface area (Å²) < 4.78 is 5.48. The van der Waals surface area contributed by atoms with Gasteiger partial charge >= 0.3 is 0 Å². The third-order valence-corrected chi connectivity index (χ3v) is 4.37. The van der Waals surface area contributed by atoms with Crippen LogP contribution in [0, 0.1) is 0 Å². The Labute approximate surface area is 157 Å². The number of fused-ring (bicyclic) bond motifs is 1. The van der Waals surface area contributed by atoms with Crippen LogP contribution < -0.4 is 10.6 Å². The summed E-state index contributed by atoms with van der Waals surface area (Å²) in [5.41, 5.74) is 1.05. The van der Waals surface area contributed by atoms with Crippen molar-refractivity contribution in [2.45, 2.75) is 0 Å². The van der Waals surface area contributed by atoms with Crippen LogP contribution in [0.5, 0.6) is 0 Å². The average molecular weight is 400 g/mol. The molecule has 2 aromatic carbocycles. The minimum Gasteiger partial charge on any atom is -0.451 e. The highest BCUT2D eigenvalue weighted by Gasteiger charge is 2.14. The Hall–Kier alpha value is -1.79. The van der Waals surface area contributed by atoms with Gasteiger partial charge in [0.15, 0.2) is 10.9 Å². The van der Waals surface area contributed by atoms with Crippen LogP contribution in [0.4, 0.5) is 5.69 Å². The molecular formula is C16H9Cl3N2O2S. The summed E-state index contributed by atoms with van der Waals surface area (Å²) in [5.74, 6) is -0.319. The molecule has 0 saturated carbocycles. The molecule has 2 N–H and O–H groups in total. The van der Waals surface area contributed by atoms with Crippen molar-refractivity contribution in [2.24, 2.45) is 0 Å². The summed E-state index contributed by atoms with van der Waals surface area (Å²) in [4.78, 5) is 12.2. The summed E-state index contributed by atoms with van der Waals surface area (Å²) in [6.45, 7) is 0. The number of rotatable bonds is 2. The maximum Gasteiger partial charge on any atom is 0.293 e. The van der Waals surface area contributed by atoms with Crippen molar-refractivity contribution in [3.63, 3.8) is 0 Å². The molecule has 3 rings (SSSR count). The average Bonchev–Trinajstić information content (AvgIpc) is 2.96. The highest BCUT2D eigenvalue weighted by Crippen LogP contribution is 2.32. The number of para-hydroxylation sites is 1. The van der Waals surface area contributed by atoms with Gasteiger partial charge < -0.3 is 9.73 Å². The second-order valence-corrected chi connectivity index (χ2v) is 6.43. The monoisotopic (exact) mass is 398 g/mol. The van der Waals surface area contributed by atoms with Crippen LogP contribution in [0.1, 0.15) is 10.6 Å². The van der Waals surface area contributed by atoms with E-state index in [1.165, 1.54) is 12.1 Å². The Morgan fingerprint density at radius 3 is 2.46 bits per heavy atom. The molecule has 24 heavy (non-hydrogen) atoms. The predicted octanol–water partition coefficient (Wildman–Crippen LogP) is 5.52. The lowest BCUT2D eigenvalue weighted by atomic mass is 10.2. The summed E-state index contributed by atoms with van der Waals surface area (Å²) >= 11 is 23.0. The van der Waals surface area contributed by atoms with E-state index in [0.29, 0.717) is 26.3 Å². The normalized spacial score (nSPS) is 10.6. The van der Waals surface area contributed by atoms with E-state index >= 15 is 0 Å². The first kappa shape index (κ1) is 17.0. The Morgan fingerprint density at radius 2 is 1.71 bits per heavy atom. The van der Waals surface area contributed by atoms with Gasteiger partial charge in [0.05, 0.1) is 20.8 Å². The molecule has 0 radical (unpaired) electrons. The van der Waals surface area contributed by atoms with Gasteiger partial charge in [-0.25, -0.2) is 0 Å². The van der Waals surface area contributed by atoms with Gasteiger partial charge in [0, 0.05) is 5.39 Å². The van der Waals surface area contributed by atoms with Crippen molar-refractivity contribution in [1.82, 2.24) is 5.32 Å². The van der Waals surface area contributed by atoms with E-state index in [-0.39, 0.29) is 10.9 Å². The number of carbonyl (C=O) groups excluding carboxylic acids is 1. The smallest absolute Gasteiger partial charge is 0.293 e. The number of nitrogens with one attached hydrogen (secondary N) is 2. The van der Waals surface area contributed by atoms with Gasteiger partial charge in [0.25, 0.3) is 5.91 Å². The Kier molecular flexibility index (Phi) is 4.96. The van der Waals surface area contributed by atoms with Crippen molar-refractivity contribution in [1.29, 1.82) is 0 Å². The zero-order valence-corrected chi connectivity index (χ0v) is 15.0. The Bertz CT molecular complexity index is 923. The molecule has 1 aromatic heterocycles. The molecule has 0 unspecified atom stereocenters. The van der Waals surface area contributed by atoms with Crippen LogP contribution in [0.3, 0.4) is 0 Å². The zero-order valence-electron chi connectivity index (χ0n) is 11.9. The molecule has 0 aliphatic heterocycles. The lowest BCUT2D eigenvalue weighted by molar-refractivity contribution is 0.0953. The third-order valence-electron chi connectivity index (χ3n) is 3.13. The fourth-order valence-corrected chi connectivity index (χ4v) is 2.83. The molecule has 0 bridgehead atoms. The van der Waals surface area contributed by atoms with Crippen molar-refractivity contribution < 1.29 is 9.21 Å². The second-order valence-electron chi connectivity index (χ2n) is 4.80. The van der Waals surface area contributed by atoms with Gasteiger partial charge in [-0.1, -0.05) is 53.0 Å². The molecule has 122 valence electrons. The maximum atomic E-state index is 12.2. The first-order valence-corrected chi connectivity index (χ1v) is 8.23. The molecule has 0 saturated heterocycles. The molecule has 3 aromatic rings. The standard InChI is InChI=1S/C16H9Cl3N2O2S/c17-9-6-11(19)12(7-10(9)18)20-16(24)21-15(22)14-5-8-3-1-2-4-13(8)23-14/h1-7H,(H2,20,21,22,24). The Balaban J connectivity index is 1.72. The van der Waals surface area contributed by atoms with Gasteiger partial charge in [-0.3, -0.25) is 10.1 Å². The molecule has 8 heteroatoms. The van der Waals surface area contributed by atoms with Gasteiger partial charge in [0.1, 0.15) is 5.58 Å². The highest BCUT2D eigenvalue weighted by atomic mass is 35.5. The van der Waals surface area contributed by atoms with Gasteiger partial charge in [-0.05, 0) is 36.5 Å². The topological polar surface area (TPSA) is 54.3 Å². The maximum absolute atomic E-state index is 12.2. The van der Waals surface area contributed by atoms with Crippen LogP contribution in [-0.2, 0) is 0 Å². The van der Waals surface area contributed by atoms with Crippen molar-refractivity contribution in [3.05, 3.63) is 63.3 Å². The summed E-state index contributed by atoms with van der Waals surface area (Å²) in [6.07, 6.45) is 0. The number of hydrogen-bond donors (Lipinski definition) is 2. The number of furan rings is 1. The third kappa shape index (κ3) is 3.65. The minimum absolute atomic E-state index is 0.0562. The minimum atomic E-state index is -0.472. The van der Waals surface area contributed by atoms with Gasteiger partial charge in [-0.2, -0.15) is 0 Å². The molecule has 0 fully saturated rings.